The zero-order valence-corrected chi connectivity index (χ0v) is 33.1. The molecule has 0 aromatic rings. The lowest BCUT2D eigenvalue weighted by atomic mass is 9.66. The van der Waals surface area contributed by atoms with Crippen LogP contribution >= 0.6 is 0 Å². The predicted octanol–water partition coefficient (Wildman–Crippen LogP) is 1.92. The highest BCUT2D eigenvalue weighted by Gasteiger charge is 2.52. The van der Waals surface area contributed by atoms with Gasteiger partial charge < -0.3 is 26.0 Å². The van der Waals surface area contributed by atoms with Gasteiger partial charge in [0.25, 0.3) is 30.4 Å². The number of ether oxygens (including phenoxy) is 1. The Bertz CT molecular complexity index is 1690. The molecule has 0 aromatic heterocycles. The molecule has 21 heteroatoms. The van der Waals surface area contributed by atoms with Gasteiger partial charge in [0.05, 0.1) is 46.9 Å². The molecule has 0 spiro atoms. The van der Waals surface area contributed by atoms with Gasteiger partial charge in [-0.3, -0.25) is 13.7 Å². The van der Waals surface area contributed by atoms with E-state index >= 15 is 0 Å². The lowest BCUT2D eigenvalue weighted by Gasteiger charge is -2.47. The molecule has 6 saturated carbocycles. The van der Waals surface area contributed by atoms with Crippen LogP contribution in [0.1, 0.15) is 96.3 Å². The quantitative estimate of drug-likeness (QED) is 0.122. The molecule has 15 atom stereocenters. The molecule has 0 aromatic carbocycles. The SMILES string of the molecule is COC1CC(N=NC2C(O)C3CCC(NC4CCC(N)CC4)CC3CC2S(=O)(=O)O)C(O)CC1N=NC1CCC2C(C1)CC(S(=O)(=O)O)CC2S(=O)(=O)O. The van der Waals surface area contributed by atoms with E-state index in [0.29, 0.717) is 38.1 Å². The molecule has 6 rings (SSSR count). The topological polar surface area (TPSA) is 300 Å². The van der Waals surface area contributed by atoms with E-state index < -0.39 is 94.4 Å². The Kier molecular flexibility index (Phi) is 13.3. The van der Waals surface area contributed by atoms with Gasteiger partial charge in [0.2, 0.25) is 0 Å². The molecule has 0 amide bonds. The van der Waals surface area contributed by atoms with E-state index in [9.17, 15) is 49.1 Å². The van der Waals surface area contributed by atoms with E-state index in [0.717, 1.165) is 32.1 Å². The maximum Gasteiger partial charge on any atom is 0.270 e. The smallest absolute Gasteiger partial charge is 0.270 e. The number of nitrogens with one attached hydrogen (secondary N) is 1. The monoisotopic (exact) mass is 826 g/mol. The molecule has 0 aliphatic heterocycles. The summed E-state index contributed by atoms with van der Waals surface area (Å²) in [5.74, 6) is -1.24. The van der Waals surface area contributed by atoms with Gasteiger partial charge in [0.1, 0.15) is 11.3 Å². The molecule has 15 unspecified atom stereocenters. The fourth-order valence-corrected chi connectivity index (χ4v) is 14.1. The van der Waals surface area contributed by atoms with Gasteiger partial charge in [-0.1, -0.05) is 0 Å². The van der Waals surface area contributed by atoms with Crippen molar-refractivity contribution in [1.29, 1.82) is 0 Å². The second kappa shape index (κ2) is 16.9. The van der Waals surface area contributed by atoms with E-state index in [2.05, 4.69) is 25.8 Å². The first-order valence-corrected chi connectivity index (χ1v) is 23.9. The third kappa shape index (κ3) is 9.87. The van der Waals surface area contributed by atoms with Crippen molar-refractivity contribution in [2.45, 2.75) is 173 Å². The van der Waals surface area contributed by atoms with Crippen molar-refractivity contribution >= 4 is 30.4 Å². The van der Waals surface area contributed by atoms with Crippen LogP contribution in [0.5, 0.6) is 0 Å². The molecule has 18 nitrogen and oxygen atoms in total. The van der Waals surface area contributed by atoms with Crippen LogP contribution in [0.2, 0.25) is 0 Å². The Hall–Kier alpha value is -1.27. The van der Waals surface area contributed by atoms with Crippen molar-refractivity contribution in [2.75, 3.05) is 7.11 Å². The second-order valence-corrected chi connectivity index (χ2v) is 21.9. The third-order valence-corrected chi connectivity index (χ3v) is 17.4. The summed E-state index contributed by atoms with van der Waals surface area (Å²) in [6.45, 7) is 0. The average Bonchev–Trinajstić information content (AvgIpc) is 3.09. The summed E-state index contributed by atoms with van der Waals surface area (Å²) in [4.78, 5) is 0. The fraction of sp³-hybridized carbons (Fsp3) is 1.00. The van der Waals surface area contributed by atoms with E-state index in [1.54, 1.807) is 0 Å². The van der Waals surface area contributed by atoms with E-state index in [4.69, 9.17) is 10.5 Å². The van der Waals surface area contributed by atoms with Crippen LogP contribution in [0.15, 0.2) is 20.5 Å². The van der Waals surface area contributed by atoms with Gasteiger partial charge in [0.15, 0.2) is 0 Å². The number of rotatable bonds is 10. The first-order valence-electron chi connectivity index (χ1n) is 19.4. The van der Waals surface area contributed by atoms with Crippen LogP contribution in [-0.4, -0.2) is 133 Å². The summed E-state index contributed by atoms with van der Waals surface area (Å²) < 4.78 is 109. The number of nitrogens with two attached hydrogens (primary N) is 1. The maximum absolute atomic E-state index is 12.7. The number of fused-ring (bicyclic) bond motifs is 2. The van der Waals surface area contributed by atoms with Crippen molar-refractivity contribution in [2.24, 2.45) is 49.9 Å². The number of methoxy groups -OCH3 is 1. The van der Waals surface area contributed by atoms with E-state index in [1.807, 2.05) is 0 Å². The molecular weight excluding hydrogens is 769 g/mol. The van der Waals surface area contributed by atoms with Crippen molar-refractivity contribution in [3.05, 3.63) is 0 Å². The molecule has 0 radical (unpaired) electrons. The average molecular weight is 827 g/mol. The molecule has 8 N–H and O–H groups in total. The van der Waals surface area contributed by atoms with Gasteiger partial charge in [-0.05, 0) is 107 Å². The number of aliphatic hydroxyl groups excluding tert-OH is 2. The Balaban J connectivity index is 1.07. The van der Waals surface area contributed by atoms with E-state index in [-0.39, 0.29) is 62.1 Å². The van der Waals surface area contributed by atoms with Crippen molar-refractivity contribution in [3.63, 3.8) is 0 Å². The van der Waals surface area contributed by atoms with Gasteiger partial charge >= 0.3 is 0 Å². The zero-order chi connectivity index (χ0) is 39.2. The van der Waals surface area contributed by atoms with Crippen LogP contribution in [0, 0.1) is 23.7 Å². The molecule has 310 valence electrons. The molecule has 0 heterocycles. The van der Waals surface area contributed by atoms with Gasteiger partial charge in [-0.2, -0.15) is 45.7 Å². The standard InChI is InChI=1S/C33H58N6O12S3/c1-51-29-16-26(28(40)15-27(29)38-36-22-7-8-24-17(11-22)12-23(52(42,43)44)14-30(24)53(45,46)47)37-39-32-31(54(48,49)50)13-18-10-21(6-9-25(18)33(32)41)35-20-4-2-19(34)3-5-20/h17-33,35,40-41H,2-16,34H2,1H3,(H,42,43,44)(H,45,46,47)(H,48,49,50). The van der Waals surface area contributed by atoms with Crippen molar-refractivity contribution in [3.8, 4) is 0 Å². The fourth-order valence-electron chi connectivity index (χ4n) is 10.7. The second-order valence-electron chi connectivity index (χ2n) is 16.9. The zero-order valence-electron chi connectivity index (χ0n) is 30.6. The Morgan fingerprint density at radius 3 is 1.89 bits per heavy atom. The molecule has 6 aliphatic rings. The first kappa shape index (κ1) is 42.3. The van der Waals surface area contributed by atoms with Crippen LogP contribution < -0.4 is 11.1 Å². The number of hydrogen-bond acceptors (Lipinski definition) is 15. The highest BCUT2D eigenvalue weighted by Crippen LogP contribution is 2.46. The first-order chi connectivity index (χ1) is 25.3. The molecule has 0 bridgehead atoms. The van der Waals surface area contributed by atoms with Crippen LogP contribution in [0.4, 0.5) is 0 Å². The molecule has 6 aliphatic carbocycles. The third-order valence-electron chi connectivity index (χ3n) is 13.6. The molecule has 0 saturated heterocycles. The highest BCUT2D eigenvalue weighted by molar-refractivity contribution is 7.87. The van der Waals surface area contributed by atoms with Gasteiger partial charge in [-0.25, -0.2) is 0 Å². The molecule has 54 heavy (non-hydrogen) atoms. The van der Waals surface area contributed by atoms with Crippen LogP contribution in [-0.2, 0) is 35.1 Å². The van der Waals surface area contributed by atoms with E-state index in [1.165, 1.54) is 7.11 Å². The minimum Gasteiger partial charge on any atom is -0.391 e. The lowest BCUT2D eigenvalue weighted by molar-refractivity contribution is -0.0180. The van der Waals surface area contributed by atoms with Crippen molar-refractivity contribution in [1.82, 2.24) is 5.32 Å². The number of azo groups is 2. The summed E-state index contributed by atoms with van der Waals surface area (Å²) in [5, 5.41) is 40.0. The normalized spacial score (nSPS) is 45.6. The van der Waals surface area contributed by atoms with Crippen LogP contribution in [0.25, 0.3) is 0 Å². The van der Waals surface area contributed by atoms with Gasteiger partial charge in [0, 0.05) is 38.1 Å². The summed E-state index contributed by atoms with van der Waals surface area (Å²) in [6, 6.07) is -2.19. The summed E-state index contributed by atoms with van der Waals surface area (Å²) in [7, 11) is -12.2. The Morgan fingerprint density at radius 1 is 0.611 bits per heavy atom. The summed E-state index contributed by atoms with van der Waals surface area (Å²) in [5.41, 5.74) is 6.06. The molecule has 6 fully saturated rings. The number of hydrogen-bond donors (Lipinski definition) is 7. The minimum absolute atomic E-state index is 0.0423. The summed E-state index contributed by atoms with van der Waals surface area (Å²) >= 11 is 0. The Morgan fingerprint density at radius 2 is 1.24 bits per heavy atom. The van der Waals surface area contributed by atoms with Crippen LogP contribution in [0.3, 0.4) is 0 Å². The number of nitrogens with zero attached hydrogens (tertiary/aromatic N) is 4. The van der Waals surface area contributed by atoms with Crippen molar-refractivity contribution < 1.29 is 53.9 Å². The highest BCUT2D eigenvalue weighted by atomic mass is 32.2. The minimum atomic E-state index is -4.59. The lowest BCUT2D eigenvalue weighted by Crippen LogP contribution is -2.56. The van der Waals surface area contributed by atoms with Gasteiger partial charge in [-0.15, -0.1) is 0 Å². The largest absolute Gasteiger partial charge is 0.391 e. The Labute approximate surface area is 318 Å². The molecular formula is C33H58N6O12S3. The summed E-state index contributed by atoms with van der Waals surface area (Å²) in [6.07, 6.45) is 4.55. The predicted molar refractivity (Wildman–Crippen MR) is 196 cm³/mol. The maximum atomic E-state index is 12.7. The number of aliphatic hydroxyl groups is 2.